The Labute approximate surface area is 122 Å². The molecule has 0 aliphatic carbocycles. The first kappa shape index (κ1) is 14.6. The molecule has 21 heavy (non-hydrogen) atoms. The molecule has 2 rings (SSSR count). The Morgan fingerprint density at radius 3 is 2.90 bits per heavy atom. The van der Waals surface area contributed by atoms with Crippen LogP contribution < -0.4 is 15.8 Å². The second kappa shape index (κ2) is 7.09. The van der Waals surface area contributed by atoms with Crippen molar-refractivity contribution in [2.24, 2.45) is 10.9 Å². The molecule has 0 aromatic carbocycles. The molecule has 7 heteroatoms. The first-order valence-electron chi connectivity index (χ1n) is 6.49. The quantitative estimate of drug-likeness (QED) is 0.322. The second-order valence-corrected chi connectivity index (χ2v) is 4.17. The van der Waals surface area contributed by atoms with Crippen LogP contribution in [0.4, 0.5) is 5.69 Å². The third-order valence-corrected chi connectivity index (χ3v) is 2.75. The van der Waals surface area contributed by atoms with Crippen molar-refractivity contribution in [2.75, 3.05) is 11.9 Å². The van der Waals surface area contributed by atoms with Gasteiger partial charge >= 0.3 is 0 Å². The summed E-state index contributed by atoms with van der Waals surface area (Å²) in [7, 11) is 0. The van der Waals surface area contributed by atoms with E-state index in [4.69, 9.17) is 15.7 Å². The number of aromatic nitrogens is 2. The smallest absolute Gasteiger partial charge is 0.213 e. The largest absolute Gasteiger partial charge is 0.478 e. The number of nitrogens with zero attached hydrogens (tertiary/aromatic N) is 3. The number of hydrogen-bond acceptors (Lipinski definition) is 6. The van der Waals surface area contributed by atoms with Gasteiger partial charge in [-0.3, -0.25) is 4.98 Å². The van der Waals surface area contributed by atoms with Gasteiger partial charge in [0.25, 0.3) is 0 Å². The van der Waals surface area contributed by atoms with Gasteiger partial charge in [-0.25, -0.2) is 4.98 Å². The van der Waals surface area contributed by atoms with Crippen LogP contribution in [0.25, 0.3) is 0 Å². The summed E-state index contributed by atoms with van der Waals surface area (Å²) in [6, 6.07) is 7.31. The first-order valence-corrected chi connectivity index (χ1v) is 6.49. The number of ether oxygens (including phenoxy) is 1. The number of hydrogen-bond donors (Lipinski definition) is 3. The second-order valence-electron chi connectivity index (χ2n) is 4.17. The zero-order valence-electron chi connectivity index (χ0n) is 11.7. The lowest BCUT2D eigenvalue weighted by Crippen LogP contribution is -2.18. The zero-order valence-corrected chi connectivity index (χ0v) is 11.7. The molecular weight excluding hydrogens is 270 g/mol. The van der Waals surface area contributed by atoms with Crippen molar-refractivity contribution >= 4 is 11.5 Å². The minimum atomic E-state index is -0.0165. The van der Waals surface area contributed by atoms with Crippen LogP contribution in [0, 0.1) is 0 Å². The van der Waals surface area contributed by atoms with Crippen LogP contribution in [0.15, 0.2) is 41.8 Å². The predicted octanol–water partition coefficient (Wildman–Crippen LogP) is 1.58. The summed E-state index contributed by atoms with van der Waals surface area (Å²) in [6.07, 6.45) is 3.28. The fraction of sp³-hybridized carbons (Fsp3) is 0.214. The average Bonchev–Trinajstić information content (AvgIpc) is 2.54. The van der Waals surface area contributed by atoms with E-state index in [0.29, 0.717) is 24.7 Å². The summed E-state index contributed by atoms with van der Waals surface area (Å²) in [5.74, 6) is 0.569. The minimum absolute atomic E-state index is 0.0165. The Balaban J connectivity index is 2.06. The van der Waals surface area contributed by atoms with Crippen LogP contribution in [0.5, 0.6) is 5.88 Å². The molecule has 0 saturated carbocycles. The van der Waals surface area contributed by atoms with Gasteiger partial charge < -0.3 is 21.0 Å². The van der Waals surface area contributed by atoms with Gasteiger partial charge in [-0.2, -0.15) is 0 Å². The molecule has 4 N–H and O–H groups in total. The number of pyridine rings is 2. The Morgan fingerprint density at radius 2 is 2.24 bits per heavy atom. The molecule has 0 saturated heterocycles. The zero-order chi connectivity index (χ0) is 15.1. The van der Waals surface area contributed by atoms with E-state index in [-0.39, 0.29) is 5.84 Å². The third-order valence-electron chi connectivity index (χ3n) is 2.75. The number of oxime groups is 1. The lowest BCUT2D eigenvalue weighted by molar-refractivity contribution is 0.318. The molecule has 0 aliphatic heterocycles. The van der Waals surface area contributed by atoms with Gasteiger partial charge in [-0.05, 0) is 19.1 Å². The van der Waals surface area contributed by atoms with Gasteiger partial charge in [0, 0.05) is 24.4 Å². The maximum atomic E-state index is 8.76. The standard InChI is InChI=1S/C14H17N5O2/c1-2-21-12-6-5-11(9-18-12)17-8-10-4-3-7-16-13(10)14(15)19-20/h3-7,9,17,20H,2,8H2,1H3,(H2,15,19). The molecule has 0 bridgehead atoms. The van der Waals surface area contributed by atoms with Gasteiger partial charge in [0.1, 0.15) is 5.69 Å². The molecule has 0 amide bonds. The van der Waals surface area contributed by atoms with Crippen LogP contribution in [0.1, 0.15) is 18.2 Å². The number of nitrogens with one attached hydrogen (secondary N) is 1. The lowest BCUT2D eigenvalue weighted by Gasteiger charge is -2.10. The van der Waals surface area contributed by atoms with E-state index < -0.39 is 0 Å². The molecule has 2 aromatic heterocycles. The summed E-state index contributed by atoms with van der Waals surface area (Å²) in [6.45, 7) is 2.97. The van der Waals surface area contributed by atoms with Crippen LogP contribution in [-0.2, 0) is 6.54 Å². The van der Waals surface area contributed by atoms with E-state index in [1.165, 1.54) is 0 Å². The van der Waals surface area contributed by atoms with Crippen molar-refractivity contribution in [3.05, 3.63) is 47.9 Å². The van der Waals surface area contributed by atoms with Crippen LogP contribution in [0.2, 0.25) is 0 Å². The molecular formula is C14H17N5O2. The molecule has 0 spiro atoms. The highest BCUT2D eigenvalue weighted by Gasteiger charge is 2.07. The number of amidine groups is 1. The SMILES string of the molecule is CCOc1ccc(NCc2cccnc2/C(N)=N/O)cn1. The fourth-order valence-corrected chi connectivity index (χ4v) is 1.77. The highest BCUT2D eigenvalue weighted by molar-refractivity contribution is 5.96. The van der Waals surface area contributed by atoms with Gasteiger partial charge in [-0.15, -0.1) is 0 Å². The number of anilines is 1. The normalized spacial score (nSPS) is 11.2. The maximum Gasteiger partial charge on any atom is 0.213 e. The Hall–Kier alpha value is -2.83. The van der Waals surface area contributed by atoms with Gasteiger partial charge in [0.2, 0.25) is 5.88 Å². The highest BCUT2D eigenvalue weighted by Crippen LogP contribution is 2.13. The summed E-state index contributed by atoms with van der Waals surface area (Å²) >= 11 is 0. The van der Waals surface area contributed by atoms with Crippen LogP contribution in [-0.4, -0.2) is 27.6 Å². The summed E-state index contributed by atoms with van der Waals surface area (Å²) in [5, 5.41) is 14.9. The topological polar surface area (TPSA) is 106 Å². The van der Waals surface area contributed by atoms with E-state index in [2.05, 4.69) is 20.4 Å². The molecule has 110 valence electrons. The summed E-state index contributed by atoms with van der Waals surface area (Å²) in [5.41, 5.74) is 7.71. The van der Waals surface area contributed by atoms with E-state index in [1.54, 1.807) is 24.5 Å². The van der Waals surface area contributed by atoms with Gasteiger partial charge in [0.15, 0.2) is 5.84 Å². The van der Waals surface area contributed by atoms with E-state index in [1.807, 2.05) is 19.1 Å². The Bertz CT molecular complexity index is 613. The highest BCUT2D eigenvalue weighted by atomic mass is 16.5. The molecule has 0 fully saturated rings. The van der Waals surface area contributed by atoms with Crippen molar-refractivity contribution in [1.82, 2.24) is 9.97 Å². The molecule has 2 heterocycles. The number of nitrogens with two attached hydrogens (primary N) is 1. The monoisotopic (exact) mass is 287 g/mol. The van der Waals surface area contributed by atoms with Gasteiger partial charge in [-0.1, -0.05) is 11.2 Å². The van der Waals surface area contributed by atoms with Crippen molar-refractivity contribution in [3.63, 3.8) is 0 Å². The van der Waals surface area contributed by atoms with Crippen molar-refractivity contribution in [1.29, 1.82) is 0 Å². The van der Waals surface area contributed by atoms with Crippen molar-refractivity contribution < 1.29 is 9.94 Å². The van der Waals surface area contributed by atoms with Gasteiger partial charge in [0.05, 0.1) is 18.5 Å². The molecule has 0 unspecified atom stereocenters. The molecule has 0 aliphatic rings. The number of rotatable bonds is 6. The molecule has 7 nitrogen and oxygen atoms in total. The van der Waals surface area contributed by atoms with E-state index in [0.717, 1.165) is 11.3 Å². The van der Waals surface area contributed by atoms with Crippen molar-refractivity contribution in [3.8, 4) is 5.88 Å². The Kier molecular flexibility index (Phi) is 4.92. The molecule has 0 atom stereocenters. The summed E-state index contributed by atoms with van der Waals surface area (Å²) in [4.78, 5) is 8.27. The average molecular weight is 287 g/mol. The fourth-order valence-electron chi connectivity index (χ4n) is 1.77. The molecule has 0 radical (unpaired) electrons. The van der Waals surface area contributed by atoms with E-state index >= 15 is 0 Å². The Morgan fingerprint density at radius 1 is 1.38 bits per heavy atom. The van der Waals surface area contributed by atoms with Crippen LogP contribution in [0.3, 0.4) is 0 Å². The third kappa shape index (κ3) is 3.82. The minimum Gasteiger partial charge on any atom is -0.478 e. The maximum absolute atomic E-state index is 8.76. The first-order chi connectivity index (χ1) is 10.2. The lowest BCUT2D eigenvalue weighted by atomic mass is 10.2. The van der Waals surface area contributed by atoms with Crippen molar-refractivity contribution in [2.45, 2.75) is 13.5 Å². The predicted molar refractivity (Wildman–Crippen MR) is 79.5 cm³/mol. The molecule has 2 aromatic rings. The van der Waals surface area contributed by atoms with Crippen LogP contribution >= 0.6 is 0 Å². The summed E-state index contributed by atoms with van der Waals surface area (Å²) < 4.78 is 5.28. The van der Waals surface area contributed by atoms with E-state index in [9.17, 15) is 0 Å².